The lowest BCUT2D eigenvalue weighted by Gasteiger charge is -2.31. The van der Waals surface area contributed by atoms with Crippen molar-refractivity contribution in [2.45, 2.75) is 39.2 Å². The zero-order valence-corrected chi connectivity index (χ0v) is 18.5. The number of sulfonamides is 1. The Bertz CT molecular complexity index is 1110. The molecular weight excluding hydrogens is 404 g/mol. The second-order valence-electron chi connectivity index (χ2n) is 7.80. The highest BCUT2D eigenvalue weighted by atomic mass is 35.5. The van der Waals surface area contributed by atoms with Gasteiger partial charge in [0, 0.05) is 41.3 Å². The van der Waals surface area contributed by atoms with Crippen LogP contribution in [0.25, 0.3) is 10.9 Å². The molecule has 6 heteroatoms. The molecule has 0 aliphatic carbocycles. The molecule has 1 aliphatic heterocycles. The van der Waals surface area contributed by atoms with E-state index in [1.807, 2.05) is 12.1 Å². The van der Waals surface area contributed by atoms with E-state index in [0.717, 1.165) is 24.4 Å². The molecule has 0 unspecified atom stereocenters. The van der Waals surface area contributed by atoms with E-state index >= 15 is 0 Å². The van der Waals surface area contributed by atoms with Gasteiger partial charge in [0.15, 0.2) is 0 Å². The smallest absolute Gasteiger partial charge is 0.213 e. The van der Waals surface area contributed by atoms with Gasteiger partial charge in [-0.25, -0.2) is 12.7 Å². The van der Waals surface area contributed by atoms with Gasteiger partial charge in [0.25, 0.3) is 0 Å². The molecule has 1 fully saturated rings. The first kappa shape index (κ1) is 20.5. The molecule has 0 atom stereocenters. The highest BCUT2D eigenvalue weighted by Crippen LogP contribution is 2.38. The molecule has 1 aliphatic rings. The Labute approximate surface area is 178 Å². The number of nitrogens with zero attached hydrogens (tertiary/aromatic N) is 2. The van der Waals surface area contributed by atoms with E-state index in [-0.39, 0.29) is 5.75 Å². The van der Waals surface area contributed by atoms with Gasteiger partial charge in [-0.3, -0.25) is 0 Å². The molecule has 1 aromatic heterocycles. The molecule has 4 rings (SSSR count). The van der Waals surface area contributed by atoms with Crippen molar-refractivity contribution in [2.24, 2.45) is 0 Å². The van der Waals surface area contributed by atoms with Gasteiger partial charge in [-0.1, -0.05) is 41.9 Å². The highest BCUT2D eigenvalue weighted by Gasteiger charge is 2.30. The fourth-order valence-corrected chi connectivity index (χ4v) is 5.81. The van der Waals surface area contributed by atoms with Gasteiger partial charge >= 0.3 is 0 Å². The van der Waals surface area contributed by atoms with Crippen molar-refractivity contribution in [1.29, 1.82) is 0 Å². The zero-order valence-electron chi connectivity index (χ0n) is 16.9. The van der Waals surface area contributed by atoms with Crippen molar-refractivity contribution in [2.75, 3.05) is 18.8 Å². The van der Waals surface area contributed by atoms with Crippen molar-refractivity contribution in [3.63, 3.8) is 0 Å². The minimum absolute atomic E-state index is 0.178. The van der Waals surface area contributed by atoms with Gasteiger partial charge < -0.3 is 4.57 Å². The normalized spacial score (nSPS) is 16.5. The standard InChI is InChI=1S/C23H27ClN2O2S/c1-3-29(27,28)25-14-12-19(13-15-25)23-17(2)26(22-7-5-4-6-21(22)23)16-18-8-10-20(24)11-9-18/h4-11,19H,3,12-16H2,1-2H3. The SMILES string of the molecule is CCS(=O)(=O)N1CCC(c2c(C)n(Cc3ccc(Cl)cc3)c3ccccc23)CC1. The van der Waals surface area contributed by atoms with E-state index in [1.165, 1.54) is 27.7 Å². The lowest BCUT2D eigenvalue weighted by Crippen LogP contribution is -2.38. The first-order chi connectivity index (χ1) is 13.9. The highest BCUT2D eigenvalue weighted by molar-refractivity contribution is 7.89. The van der Waals surface area contributed by atoms with Crippen LogP contribution in [0.3, 0.4) is 0 Å². The quantitative estimate of drug-likeness (QED) is 0.559. The topological polar surface area (TPSA) is 42.3 Å². The van der Waals surface area contributed by atoms with Crippen molar-refractivity contribution in [3.05, 3.63) is 70.4 Å². The molecule has 0 spiro atoms. The van der Waals surface area contributed by atoms with E-state index in [4.69, 9.17) is 11.6 Å². The van der Waals surface area contributed by atoms with Crippen LogP contribution in [-0.2, 0) is 16.6 Å². The van der Waals surface area contributed by atoms with Crippen molar-refractivity contribution in [3.8, 4) is 0 Å². The van der Waals surface area contributed by atoms with Crippen LogP contribution in [0.4, 0.5) is 0 Å². The monoisotopic (exact) mass is 430 g/mol. The average molecular weight is 431 g/mol. The van der Waals surface area contributed by atoms with Crippen molar-refractivity contribution in [1.82, 2.24) is 8.87 Å². The van der Waals surface area contributed by atoms with E-state index in [0.29, 0.717) is 19.0 Å². The molecule has 2 heterocycles. The maximum absolute atomic E-state index is 12.2. The molecule has 0 saturated carbocycles. The number of halogens is 1. The predicted molar refractivity (Wildman–Crippen MR) is 120 cm³/mol. The fourth-order valence-electron chi connectivity index (χ4n) is 4.55. The number of rotatable bonds is 5. The average Bonchev–Trinajstić information content (AvgIpc) is 3.01. The minimum Gasteiger partial charge on any atom is -0.340 e. The Hall–Kier alpha value is -1.82. The molecule has 0 bridgehead atoms. The fraction of sp³-hybridized carbons (Fsp3) is 0.391. The van der Waals surface area contributed by atoms with E-state index < -0.39 is 10.0 Å². The number of hydrogen-bond acceptors (Lipinski definition) is 2. The second kappa shape index (κ2) is 8.13. The van der Waals surface area contributed by atoms with Gasteiger partial charge in [-0.15, -0.1) is 0 Å². The summed E-state index contributed by atoms with van der Waals surface area (Å²) in [7, 11) is -3.10. The van der Waals surface area contributed by atoms with Crippen LogP contribution in [0.15, 0.2) is 48.5 Å². The summed E-state index contributed by atoms with van der Waals surface area (Å²) in [5.41, 5.74) is 5.10. The zero-order chi connectivity index (χ0) is 20.6. The Morgan fingerprint density at radius 2 is 1.69 bits per heavy atom. The van der Waals surface area contributed by atoms with Crippen molar-refractivity contribution >= 4 is 32.5 Å². The lowest BCUT2D eigenvalue weighted by atomic mass is 9.88. The van der Waals surface area contributed by atoms with Crippen LogP contribution < -0.4 is 0 Å². The third kappa shape index (κ3) is 3.96. The minimum atomic E-state index is -3.10. The summed E-state index contributed by atoms with van der Waals surface area (Å²) in [6.45, 7) is 5.93. The molecule has 4 nitrogen and oxygen atoms in total. The van der Waals surface area contributed by atoms with Crippen LogP contribution in [-0.4, -0.2) is 36.1 Å². The van der Waals surface area contributed by atoms with Crippen LogP contribution in [0, 0.1) is 6.92 Å². The first-order valence-electron chi connectivity index (χ1n) is 10.2. The summed E-state index contributed by atoms with van der Waals surface area (Å²) >= 11 is 6.05. The number of para-hydroxylation sites is 1. The number of fused-ring (bicyclic) bond motifs is 1. The second-order valence-corrected chi connectivity index (χ2v) is 10.5. The third-order valence-electron chi connectivity index (χ3n) is 6.15. The van der Waals surface area contributed by atoms with Gasteiger partial charge in [-0.2, -0.15) is 0 Å². The maximum atomic E-state index is 12.2. The summed E-state index contributed by atoms with van der Waals surface area (Å²) in [6.07, 6.45) is 1.74. The molecule has 0 radical (unpaired) electrons. The molecule has 0 N–H and O–H groups in total. The summed E-state index contributed by atoms with van der Waals surface area (Å²) in [6, 6.07) is 16.6. The summed E-state index contributed by atoms with van der Waals surface area (Å²) in [4.78, 5) is 0. The molecular formula is C23H27ClN2O2S. The van der Waals surface area contributed by atoms with Gasteiger partial charge in [0.2, 0.25) is 10.0 Å². The van der Waals surface area contributed by atoms with Crippen LogP contribution >= 0.6 is 11.6 Å². The van der Waals surface area contributed by atoms with Gasteiger partial charge in [0.05, 0.1) is 5.75 Å². The van der Waals surface area contributed by atoms with Crippen LogP contribution in [0.1, 0.15) is 42.5 Å². The Morgan fingerprint density at radius 1 is 1.03 bits per heavy atom. The number of aromatic nitrogens is 1. The van der Waals surface area contributed by atoms with E-state index in [9.17, 15) is 8.42 Å². The molecule has 2 aromatic carbocycles. The van der Waals surface area contributed by atoms with Gasteiger partial charge in [0.1, 0.15) is 0 Å². The maximum Gasteiger partial charge on any atom is 0.213 e. The third-order valence-corrected chi connectivity index (χ3v) is 8.29. The predicted octanol–water partition coefficient (Wildman–Crippen LogP) is 5.18. The number of piperidine rings is 1. The Kier molecular flexibility index (Phi) is 5.74. The molecule has 3 aromatic rings. The first-order valence-corrected chi connectivity index (χ1v) is 12.2. The summed E-state index contributed by atoms with van der Waals surface area (Å²) in [5.74, 6) is 0.562. The van der Waals surface area contributed by atoms with E-state index in [2.05, 4.69) is 47.9 Å². The number of hydrogen-bond donors (Lipinski definition) is 0. The van der Waals surface area contributed by atoms with Crippen LogP contribution in [0.2, 0.25) is 5.02 Å². The molecule has 29 heavy (non-hydrogen) atoms. The van der Waals surface area contributed by atoms with E-state index in [1.54, 1.807) is 11.2 Å². The summed E-state index contributed by atoms with van der Waals surface area (Å²) in [5, 5.41) is 2.04. The van der Waals surface area contributed by atoms with Gasteiger partial charge in [-0.05, 0) is 61.9 Å². The molecule has 154 valence electrons. The Balaban J connectivity index is 1.67. The lowest BCUT2D eigenvalue weighted by molar-refractivity contribution is 0.320. The molecule has 0 amide bonds. The summed E-state index contributed by atoms with van der Waals surface area (Å²) < 4.78 is 28.5. The Morgan fingerprint density at radius 3 is 2.34 bits per heavy atom. The largest absolute Gasteiger partial charge is 0.340 e. The number of benzene rings is 2. The molecule has 1 saturated heterocycles. The van der Waals surface area contributed by atoms with Crippen LogP contribution in [0.5, 0.6) is 0 Å². The van der Waals surface area contributed by atoms with Crippen molar-refractivity contribution < 1.29 is 8.42 Å².